The van der Waals surface area contributed by atoms with Crippen molar-refractivity contribution in [3.05, 3.63) is 87.9 Å². The van der Waals surface area contributed by atoms with E-state index in [-0.39, 0.29) is 11.0 Å². The van der Waals surface area contributed by atoms with Crippen molar-refractivity contribution in [3.8, 4) is 10.6 Å². The Hall–Kier alpha value is -2.77. The van der Waals surface area contributed by atoms with E-state index in [0.29, 0.717) is 15.6 Å². The predicted octanol–water partition coefficient (Wildman–Crippen LogP) is 7.10. The topological polar surface area (TPSA) is 54.0 Å². The molecular formula is C24H17Cl2N3OS2. The zero-order valence-corrected chi connectivity index (χ0v) is 20.0. The first-order chi connectivity index (χ1) is 15.4. The number of carbonyl (C=O) groups is 1. The van der Waals surface area contributed by atoms with E-state index in [2.05, 4.69) is 16.7 Å². The van der Waals surface area contributed by atoms with Crippen LogP contribution in [-0.2, 0) is 4.79 Å². The maximum absolute atomic E-state index is 12.2. The molecule has 0 aliphatic rings. The van der Waals surface area contributed by atoms with Gasteiger partial charge in [0.1, 0.15) is 5.01 Å². The molecule has 160 valence electrons. The molecule has 1 aromatic heterocycles. The average molecular weight is 498 g/mol. The molecule has 4 rings (SSSR count). The molecule has 1 amide bonds. The minimum atomic E-state index is -0.364. The molecule has 0 aliphatic heterocycles. The number of amides is 1. The maximum atomic E-state index is 12.2. The maximum Gasteiger partial charge on any atom is 0.250 e. The second-order valence-corrected chi connectivity index (χ2v) is 9.24. The van der Waals surface area contributed by atoms with Gasteiger partial charge in [0.25, 0.3) is 0 Å². The lowest BCUT2D eigenvalue weighted by molar-refractivity contribution is -0.115. The highest BCUT2D eigenvalue weighted by Gasteiger charge is 2.09. The number of hydrogen-bond acceptors (Lipinski definition) is 4. The number of rotatable bonds is 4. The van der Waals surface area contributed by atoms with Crippen LogP contribution in [0.3, 0.4) is 0 Å². The van der Waals surface area contributed by atoms with E-state index >= 15 is 0 Å². The molecule has 4 nitrogen and oxygen atoms in total. The number of carbonyl (C=O) groups excluding carboxylic acids is 1. The van der Waals surface area contributed by atoms with Crippen molar-refractivity contribution >= 4 is 79.8 Å². The Morgan fingerprint density at radius 2 is 1.91 bits per heavy atom. The van der Waals surface area contributed by atoms with E-state index in [9.17, 15) is 4.79 Å². The van der Waals surface area contributed by atoms with Crippen LogP contribution in [0.2, 0.25) is 10.0 Å². The lowest BCUT2D eigenvalue weighted by atomic mass is 10.1. The average Bonchev–Trinajstić information content (AvgIpc) is 3.19. The van der Waals surface area contributed by atoms with Crippen molar-refractivity contribution < 1.29 is 4.79 Å². The fourth-order valence-corrected chi connectivity index (χ4v) is 4.69. The molecule has 0 spiro atoms. The molecule has 0 aliphatic carbocycles. The summed E-state index contributed by atoms with van der Waals surface area (Å²) in [6.45, 7) is 1.98. The first-order valence-electron chi connectivity index (χ1n) is 9.61. The number of fused-ring (bicyclic) bond motifs is 1. The third-order valence-corrected chi connectivity index (χ3v) is 6.48. The third-order valence-electron chi connectivity index (χ3n) is 4.63. The fraction of sp³-hybridized carbons (Fsp3) is 0.0417. The summed E-state index contributed by atoms with van der Waals surface area (Å²) in [7, 11) is 0. The Kier molecular flexibility index (Phi) is 6.86. The molecule has 0 bridgehead atoms. The van der Waals surface area contributed by atoms with Crippen molar-refractivity contribution in [2.75, 3.05) is 5.32 Å². The van der Waals surface area contributed by atoms with Gasteiger partial charge in [-0.15, -0.1) is 11.3 Å². The second kappa shape index (κ2) is 9.79. The molecule has 32 heavy (non-hydrogen) atoms. The summed E-state index contributed by atoms with van der Waals surface area (Å²) < 4.78 is 1.15. The van der Waals surface area contributed by atoms with Crippen LogP contribution in [-0.4, -0.2) is 16.0 Å². The summed E-state index contributed by atoms with van der Waals surface area (Å²) in [5.41, 5.74) is 4.51. The monoisotopic (exact) mass is 497 g/mol. The molecule has 0 saturated heterocycles. The molecule has 8 heteroatoms. The van der Waals surface area contributed by atoms with Gasteiger partial charge >= 0.3 is 0 Å². The predicted molar refractivity (Wildman–Crippen MR) is 140 cm³/mol. The first-order valence-corrected chi connectivity index (χ1v) is 11.6. The van der Waals surface area contributed by atoms with Gasteiger partial charge in [-0.2, -0.15) is 0 Å². The summed E-state index contributed by atoms with van der Waals surface area (Å²) in [4.78, 5) is 16.9. The van der Waals surface area contributed by atoms with Crippen LogP contribution in [0.5, 0.6) is 0 Å². The van der Waals surface area contributed by atoms with Crippen LogP contribution in [0.25, 0.3) is 26.9 Å². The number of anilines is 1. The molecule has 3 aromatic carbocycles. The van der Waals surface area contributed by atoms with Gasteiger partial charge in [0.2, 0.25) is 5.91 Å². The lowest BCUT2D eigenvalue weighted by Crippen LogP contribution is -2.33. The van der Waals surface area contributed by atoms with E-state index in [4.69, 9.17) is 40.4 Å². The third kappa shape index (κ3) is 5.34. The van der Waals surface area contributed by atoms with Crippen LogP contribution >= 0.6 is 46.8 Å². The van der Waals surface area contributed by atoms with Crippen LogP contribution in [0.4, 0.5) is 5.69 Å². The molecule has 1 heterocycles. The van der Waals surface area contributed by atoms with Gasteiger partial charge in [-0.1, -0.05) is 41.4 Å². The van der Waals surface area contributed by atoms with Crippen LogP contribution in [0.15, 0.2) is 66.7 Å². The first kappa shape index (κ1) is 22.4. The molecule has 0 unspecified atom stereocenters. The number of thiazole rings is 1. The smallest absolute Gasteiger partial charge is 0.250 e. The highest BCUT2D eigenvalue weighted by molar-refractivity contribution is 7.80. The largest absolute Gasteiger partial charge is 0.332 e. The van der Waals surface area contributed by atoms with E-state index in [0.717, 1.165) is 32.0 Å². The molecule has 2 N–H and O–H groups in total. The number of aromatic nitrogens is 1. The summed E-state index contributed by atoms with van der Waals surface area (Å²) >= 11 is 18.9. The number of benzene rings is 3. The summed E-state index contributed by atoms with van der Waals surface area (Å²) in [6, 6.07) is 19.1. The molecule has 0 atom stereocenters. The van der Waals surface area contributed by atoms with Crippen LogP contribution in [0.1, 0.15) is 11.1 Å². The van der Waals surface area contributed by atoms with Gasteiger partial charge in [0.15, 0.2) is 5.11 Å². The standard InChI is InChI=1S/C24H17Cl2N3OS2/c1-14-12-16(23-27-20-4-2-3-5-21(20)32-23)7-10-19(14)28-24(31)29-22(30)11-8-15-6-9-17(25)13-18(15)26/h2-13H,1H3,(H2,28,29,30,31)/b11-8+. The number of hydrogen-bond donors (Lipinski definition) is 2. The Morgan fingerprint density at radius 3 is 2.66 bits per heavy atom. The van der Waals surface area contributed by atoms with Crippen molar-refractivity contribution in [1.82, 2.24) is 10.3 Å². The SMILES string of the molecule is Cc1cc(-c2nc3ccccc3s2)ccc1NC(=S)NC(=O)/C=C/c1ccc(Cl)cc1Cl. The summed E-state index contributed by atoms with van der Waals surface area (Å²) in [5, 5.41) is 7.87. The van der Waals surface area contributed by atoms with Crippen molar-refractivity contribution in [2.45, 2.75) is 6.92 Å². The van der Waals surface area contributed by atoms with Gasteiger partial charge in [-0.05, 0) is 78.8 Å². The van der Waals surface area contributed by atoms with E-state index in [1.807, 2.05) is 43.3 Å². The molecule has 0 fully saturated rings. The molecular weight excluding hydrogens is 481 g/mol. The Balaban J connectivity index is 1.40. The van der Waals surface area contributed by atoms with Crippen molar-refractivity contribution in [1.29, 1.82) is 0 Å². The van der Waals surface area contributed by atoms with Gasteiger partial charge < -0.3 is 5.32 Å². The minimum Gasteiger partial charge on any atom is -0.332 e. The lowest BCUT2D eigenvalue weighted by Gasteiger charge is -2.11. The summed E-state index contributed by atoms with van der Waals surface area (Å²) in [6.07, 6.45) is 2.97. The van der Waals surface area contributed by atoms with Crippen molar-refractivity contribution in [3.63, 3.8) is 0 Å². The highest BCUT2D eigenvalue weighted by Crippen LogP contribution is 2.32. The Morgan fingerprint density at radius 1 is 1.09 bits per heavy atom. The van der Waals surface area contributed by atoms with Crippen molar-refractivity contribution in [2.24, 2.45) is 0 Å². The zero-order valence-electron chi connectivity index (χ0n) is 16.9. The number of halogens is 2. The molecule has 4 aromatic rings. The Bertz CT molecular complexity index is 1330. The van der Waals surface area contributed by atoms with Crippen LogP contribution in [0, 0.1) is 6.92 Å². The minimum absolute atomic E-state index is 0.206. The normalized spacial score (nSPS) is 11.1. The van der Waals surface area contributed by atoms with Gasteiger partial charge in [0.05, 0.1) is 10.2 Å². The van der Waals surface area contributed by atoms with E-state index in [1.165, 1.54) is 6.08 Å². The van der Waals surface area contributed by atoms with Gasteiger partial charge in [-0.25, -0.2) is 4.98 Å². The highest BCUT2D eigenvalue weighted by atomic mass is 35.5. The number of nitrogens with zero attached hydrogens (tertiary/aromatic N) is 1. The summed E-state index contributed by atoms with van der Waals surface area (Å²) in [5.74, 6) is -0.364. The molecule has 0 radical (unpaired) electrons. The van der Waals surface area contributed by atoms with Gasteiger partial charge in [0, 0.05) is 27.4 Å². The fourth-order valence-electron chi connectivity index (χ4n) is 3.04. The van der Waals surface area contributed by atoms with Crippen LogP contribution < -0.4 is 10.6 Å². The second-order valence-electron chi connectivity index (χ2n) is 6.96. The number of thiocarbonyl (C=S) groups is 1. The Labute approximate surface area is 204 Å². The quantitative estimate of drug-likeness (QED) is 0.233. The number of aryl methyl sites for hydroxylation is 1. The zero-order chi connectivity index (χ0) is 22.7. The van der Waals surface area contributed by atoms with E-state index < -0.39 is 0 Å². The van der Waals surface area contributed by atoms with E-state index in [1.54, 1.807) is 35.6 Å². The van der Waals surface area contributed by atoms with Gasteiger partial charge in [-0.3, -0.25) is 10.1 Å². The molecule has 0 saturated carbocycles. The number of para-hydroxylation sites is 1. The number of nitrogens with one attached hydrogen (secondary N) is 2.